The lowest BCUT2D eigenvalue weighted by molar-refractivity contribution is 0.0940. The van der Waals surface area contributed by atoms with Crippen molar-refractivity contribution in [2.24, 2.45) is 0 Å². The summed E-state index contributed by atoms with van der Waals surface area (Å²) in [5.41, 5.74) is 0.623. The van der Waals surface area contributed by atoms with E-state index in [2.05, 4.69) is 5.32 Å². The van der Waals surface area contributed by atoms with Gasteiger partial charge in [-0.25, -0.2) is 0 Å². The molecule has 0 spiro atoms. The molecule has 0 atom stereocenters. The highest BCUT2D eigenvalue weighted by Crippen LogP contribution is 2.17. The number of anilines is 1. The second-order valence-electron chi connectivity index (χ2n) is 5.14. The number of fused-ring (bicyclic) bond motifs is 1. The van der Waals surface area contributed by atoms with Crippen molar-refractivity contribution in [3.05, 3.63) is 40.1 Å². The number of hydrogen-bond acceptors (Lipinski definition) is 4. The molecule has 1 aromatic heterocycles. The zero-order valence-electron chi connectivity index (χ0n) is 10.8. The van der Waals surface area contributed by atoms with Gasteiger partial charge in [-0.05, 0) is 32.9 Å². The number of rotatable bonds is 3. The van der Waals surface area contributed by atoms with E-state index in [4.69, 9.17) is 4.42 Å². The molecule has 18 heavy (non-hydrogen) atoms. The monoisotopic (exact) mass is 247 g/mol. The smallest absolute Gasteiger partial charge is 0.197 e. The zero-order chi connectivity index (χ0) is 13.3. The van der Waals surface area contributed by atoms with Crippen LogP contribution in [0.15, 0.2) is 33.5 Å². The molecule has 0 saturated heterocycles. The van der Waals surface area contributed by atoms with Gasteiger partial charge in [0.25, 0.3) is 0 Å². The standard InChI is InChI=1S/C14H17NO3/c1-9-4-5-12-10(6-9)11(16)7-13(18-12)15-8-14(2,3)17/h4-7,15,17H,8H2,1-3H3. The third-order valence-corrected chi connectivity index (χ3v) is 2.58. The summed E-state index contributed by atoms with van der Waals surface area (Å²) in [5.74, 6) is 0.374. The van der Waals surface area contributed by atoms with Gasteiger partial charge < -0.3 is 14.8 Å². The minimum Gasteiger partial charge on any atom is -0.440 e. The molecule has 2 aromatic rings. The molecule has 1 heterocycles. The molecule has 1 aromatic carbocycles. The molecule has 0 saturated carbocycles. The minimum atomic E-state index is -0.860. The van der Waals surface area contributed by atoms with Gasteiger partial charge in [0.1, 0.15) is 5.58 Å². The molecule has 0 fully saturated rings. The molecule has 2 rings (SSSR count). The van der Waals surface area contributed by atoms with Crippen molar-refractivity contribution in [1.82, 2.24) is 0 Å². The van der Waals surface area contributed by atoms with E-state index in [1.807, 2.05) is 13.0 Å². The first kappa shape index (κ1) is 12.6. The third-order valence-electron chi connectivity index (χ3n) is 2.58. The number of benzene rings is 1. The van der Waals surface area contributed by atoms with Crippen LogP contribution in [0.3, 0.4) is 0 Å². The first-order valence-electron chi connectivity index (χ1n) is 5.86. The van der Waals surface area contributed by atoms with Gasteiger partial charge in [-0.1, -0.05) is 11.6 Å². The summed E-state index contributed by atoms with van der Waals surface area (Å²) in [7, 11) is 0. The fraction of sp³-hybridized carbons (Fsp3) is 0.357. The highest BCUT2D eigenvalue weighted by molar-refractivity contribution is 5.78. The Kier molecular flexibility index (Phi) is 3.13. The maximum Gasteiger partial charge on any atom is 0.197 e. The van der Waals surface area contributed by atoms with Crippen molar-refractivity contribution in [3.8, 4) is 0 Å². The Morgan fingerprint density at radius 2 is 2.06 bits per heavy atom. The van der Waals surface area contributed by atoms with Crippen LogP contribution in [0.2, 0.25) is 0 Å². The molecule has 96 valence electrons. The van der Waals surface area contributed by atoms with E-state index < -0.39 is 5.60 Å². The highest BCUT2D eigenvalue weighted by Gasteiger charge is 2.13. The van der Waals surface area contributed by atoms with Crippen LogP contribution in [-0.4, -0.2) is 17.3 Å². The van der Waals surface area contributed by atoms with Gasteiger partial charge in [0.2, 0.25) is 0 Å². The minimum absolute atomic E-state index is 0.0850. The molecule has 0 aliphatic rings. The van der Waals surface area contributed by atoms with Gasteiger partial charge >= 0.3 is 0 Å². The summed E-state index contributed by atoms with van der Waals surface area (Å²) in [4.78, 5) is 11.9. The molecule has 2 N–H and O–H groups in total. The van der Waals surface area contributed by atoms with E-state index in [0.717, 1.165) is 5.56 Å². The van der Waals surface area contributed by atoms with E-state index >= 15 is 0 Å². The first-order valence-corrected chi connectivity index (χ1v) is 5.86. The van der Waals surface area contributed by atoms with Crippen molar-refractivity contribution in [3.63, 3.8) is 0 Å². The first-order chi connectivity index (χ1) is 8.35. The fourth-order valence-electron chi connectivity index (χ4n) is 1.66. The topological polar surface area (TPSA) is 62.5 Å². The average molecular weight is 247 g/mol. The highest BCUT2D eigenvalue weighted by atomic mass is 16.3. The van der Waals surface area contributed by atoms with Crippen LogP contribution in [-0.2, 0) is 0 Å². The Bertz CT molecular complexity index is 623. The van der Waals surface area contributed by atoms with Crippen molar-refractivity contribution < 1.29 is 9.52 Å². The van der Waals surface area contributed by atoms with Crippen LogP contribution in [0, 0.1) is 6.92 Å². The summed E-state index contributed by atoms with van der Waals surface area (Å²) in [6.45, 7) is 5.61. The van der Waals surface area contributed by atoms with Crippen LogP contribution in [0.1, 0.15) is 19.4 Å². The Morgan fingerprint density at radius 3 is 2.72 bits per heavy atom. The lowest BCUT2D eigenvalue weighted by Gasteiger charge is -2.17. The molecule has 0 bridgehead atoms. The average Bonchev–Trinajstić information content (AvgIpc) is 2.26. The van der Waals surface area contributed by atoms with E-state index in [-0.39, 0.29) is 5.43 Å². The van der Waals surface area contributed by atoms with Crippen molar-refractivity contribution in [2.75, 3.05) is 11.9 Å². The van der Waals surface area contributed by atoms with Gasteiger partial charge in [-0.3, -0.25) is 4.79 Å². The normalized spacial score (nSPS) is 11.8. The van der Waals surface area contributed by atoms with E-state index in [0.29, 0.717) is 23.4 Å². The van der Waals surface area contributed by atoms with Gasteiger partial charge in [-0.15, -0.1) is 0 Å². The molecular formula is C14H17NO3. The van der Waals surface area contributed by atoms with E-state index in [9.17, 15) is 9.90 Å². The number of aliphatic hydroxyl groups is 1. The second-order valence-corrected chi connectivity index (χ2v) is 5.14. The van der Waals surface area contributed by atoms with E-state index in [1.54, 1.807) is 26.0 Å². The summed E-state index contributed by atoms with van der Waals surface area (Å²) in [6, 6.07) is 6.89. The predicted octanol–water partition coefficient (Wildman–Crippen LogP) is 2.28. The van der Waals surface area contributed by atoms with Gasteiger partial charge in [0.15, 0.2) is 11.3 Å². The van der Waals surface area contributed by atoms with Crippen LogP contribution < -0.4 is 10.7 Å². The van der Waals surface area contributed by atoms with Gasteiger partial charge in [0, 0.05) is 12.6 Å². The number of hydrogen-bond donors (Lipinski definition) is 2. The molecule has 0 aliphatic heterocycles. The Balaban J connectivity index is 2.38. The largest absolute Gasteiger partial charge is 0.440 e. The van der Waals surface area contributed by atoms with E-state index in [1.165, 1.54) is 6.07 Å². The molecule has 0 aliphatic carbocycles. The molecule has 4 nitrogen and oxygen atoms in total. The van der Waals surface area contributed by atoms with Gasteiger partial charge in [-0.2, -0.15) is 0 Å². The lowest BCUT2D eigenvalue weighted by Crippen LogP contribution is -2.29. The molecule has 0 amide bonds. The van der Waals surface area contributed by atoms with Gasteiger partial charge in [0.05, 0.1) is 11.0 Å². The Labute approximate surface area is 105 Å². The molecule has 0 radical (unpaired) electrons. The predicted molar refractivity (Wildman–Crippen MR) is 72.0 cm³/mol. The zero-order valence-corrected chi connectivity index (χ0v) is 10.8. The quantitative estimate of drug-likeness (QED) is 0.873. The Morgan fingerprint density at radius 1 is 1.33 bits per heavy atom. The number of nitrogens with one attached hydrogen (secondary N) is 1. The summed E-state index contributed by atoms with van der Waals surface area (Å²) in [5, 5.41) is 13.1. The van der Waals surface area contributed by atoms with Crippen LogP contribution >= 0.6 is 0 Å². The summed E-state index contributed by atoms with van der Waals surface area (Å²) >= 11 is 0. The Hall–Kier alpha value is -1.81. The maximum absolute atomic E-state index is 11.9. The molecular weight excluding hydrogens is 230 g/mol. The molecule has 0 unspecified atom stereocenters. The van der Waals surface area contributed by atoms with Crippen LogP contribution in [0.5, 0.6) is 0 Å². The summed E-state index contributed by atoms with van der Waals surface area (Å²) < 4.78 is 5.57. The third kappa shape index (κ3) is 2.90. The van der Waals surface area contributed by atoms with Crippen molar-refractivity contribution >= 4 is 16.9 Å². The van der Waals surface area contributed by atoms with Crippen molar-refractivity contribution in [2.45, 2.75) is 26.4 Å². The van der Waals surface area contributed by atoms with Crippen LogP contribution in [0.25, 0.3) is 11.0 Å². The fourth-order valence-corrected chi connectivity index (χ4v) is 1.66. The second kappa shape index (κ2) is 4.46. The summed E-state index contributed by atoms with van der Waals surface area (Å²) in [6.07, 6.45) is 0. The lowest BCUT2D eigenvalue weighted by atomic mass is 10.1. The maximum atomic E-state index is 11.9. The number of aryl methyl sites for hydroxylation is 1. The molecule has 4 heteroatoms. The SMILES string of the molecule is Cc1ccc2oc(NCC(C)(C)O)cc(=O)c2c1. The van der Waals surface area contributed by atoms with Crippen molar-refractivity contribution in [1.29, 1.82) is 0 Å². The van der Waals surface area contributed by atoms with Crippen LogP contribution in [0.4, 0.5) is 5.88 Å².